The first kappa shape index (κ1) is 15.7. The molecule has 0 aromatic heterocycles. The fourth-order valence-electron chi connectivity index (χ4n) is 1.50. The quantitative estimate of drug-likeness (QED) is 0.843. The van der Waals surface area contributed by atoms with Crippen molar-refractivity contribution in [2.75, 3.05) is 20.2 Å². The minimum Gasteiger partial charge on any atom is -0.495 e. The fourth-order valence-corrected chi connectivity index (χ4v) is 3.26. The van der Waals surface area contributed by atoms with Crippen molar-refractivity contribution >= 4 is 27.5 Å². The number of halogens is 1. The highest BCUT2D eigenvalue weighted by Crippen LogP contribution is 2.28. The molecule has 0 saturated carbocycles. The summed E-state index contributed by atoms with van der Waals surface area (Å²) in [5.41, 5.74) is 5.03. The molecule has 106 valence electrons. The van der Waals surface area contributed by atoms with E-state index in [0.29, 0.717) is 5.75 Å². The Kier molecular flexibility index (Phi) is 5.16. The lowest BCUT2D eigenvalue weighted by Gasteiger charge is -2.19. The number of carbonyl (C=O) groups is 1. The number of nitrogens with two attached hydrogens (primary N) is 1. The highest BCUT2D eigenvalue weighted by atomic mass is 35.5. The minimum atomic E-state index is -3.80. The molecule has 2 N–H and O–H groups in total. The molecule has 1 amide bonds. The maximum Gasteiger partial charge on any atom is 0.243 e. The van der Waals surface area contributed by atoms with E-state index >= 15 is 0 Å². The highest BCUT2D eigenvalue weighted by molar-refractivity contribution is 7.89. The summed E-state index contributed by atoms with van der Waals surface area (Å²) in [6, 6.07) is 4.09. The van der Waals surface area contributed by atoms with Gasteiger partial charge >= 0.3 is 0 Å². The molecule has 0 aliphatic carbocycles. The van der Waals surface area contributed by atoms with Crippen LogP contribution in [0.2, 0.25) is 5.02 Å². The van der Waals surface area contributed by atoms with Crippen LogP contribution in [-0.4, -0.2) is 38.8 Å². The van der Waals surface area contributed by atoms with Crippen molar-refractivity contribution in [2.45, 2.75) is 11.8 Å². The number of carbonyl (C=O) groups excluding carboxylic acids is 1. The van der Waals surface area contributed by atoms with E-state index in [9.17, 15) is 13.2 Å². The molecule has 6 nitrogen and oxygen atoms in total. The van der Waals surface area contributed by atoms with Crippen LogP contribution in [0.25, 0.3) is 0 Å². The molecule has 0 aliphatic rings. The molecule has 0 spiro atoms. The fraction of sp³-hybridized carbons (Fsp3) is 0.364. The second kappa shape index (κ2) is 6.23. The molecular formula is C11H15ClN2O4S. The smallest absolute Gasteiger partial charge is 0.243 e. The van der Waals surface area contributed by atoms with Gasteiger partial charge in [-0.1, -0.05) is 18.5 Å². The molecule has 0 aliphatic heterocycles. The average Bonchev–Trinajstić information content (AvgIpc) is 2.35. The van der Waals surface area contributed by atoms with Crippen LogP contribution >= 0.6 is 11.6 Å². The number of likely N-dealkylation sites (N-methyl/N-ethyl adjacent to an activating group) is 1. The van der Waals surface area contributed by atoms with Crippen LogP contribution in [0.4, 0.5) is 0 Å². The van der Waals surface area contributed by atoms with E-state index in [4.69, 9.17) is 22.1 Å². The number of benzene rings is 1. The normalized spacial score (nSPS) is 11.6. The van der Waals surface area contributed by atoms with Gasteiger partial charge < -0.3 is 10.5 Å². The highest BCUT2D eigenvalue weighted by Gasteiger charge is 2.25. The van der Waals surface area contributed by atoms with Crippen molar-refractivity contribution in [3.8, 4) is 5.75 Å². The lowest BCUT2D eigenvalue weighted by atomic mass is 10.3. The van der Waals surface area contributed by atoms with Crippen LogP contribution in [0.15, 0.2) is 23.1 Å². The summed E-state index contributed by atoms with van der Waals surface area (Å²) >= 11 is 5.89. The number of hydrogen-bond acceptors (Lipinski definition) is 4. The molecule has 0 bridgehead atoms. The molecule has 1 aromatic carbocycles. The summed E-state index contributed by atoms with van der Waals surface area (Å²) < 4.78 is 30.5. The molecule has 0 heterocycles. The van der Waals surface area contributed by atoms with E-state index in [1.807, 2.05) is 0 Å². The first-order chi connectivity index (χ1) is 8.82. The van der Waals surface area contributed by atoms with Gasteiger partial charge in [-0.25, -0.2) is 8.42 Å². The van der Waals surface area contributed by atoms with Gasteiger partial charge in [-0.2, -0.15) is 4.31 Å². The molecule has 1 aromatic rings. The van der Waals surface area contributed by atoms with Crippen molar-refractivity contribution in [1.82, 2.24) is 4.31 Å². The number of rotatable bonds is 6. The van der Waals surface area contributed by atoms with Gasteiger partial charge in [0, 0.05) is 6.54 Å². The van der Waals surface area contributed by atoms with E-state index in [2.05, 4.69) is 0 Å². The second-order valence-electron chi connectivity index (χ2n) is 3.69. The van der Waals surface area contributed by atoms with Gasteiger partial charge in [0.05, 0.1) is 23.6 Å². The van der Waals surface area contributed by atoms with Crippen molar-refractivity contribution in [1.29, 1.82) is 0 Å². The standard InChI is InChI=1S/C11H15ClN2O4S/c1-3-14(7-11(13)15)19(16,17)8-4-5-10(18-2)9(12)6-8/h4-6H,3,7H2,1-2H3,(H2,13,15). The van der Waals surface area contributed by atoms with Crippen molar-refractivity contribution in [2.24, 2.45) is 5.73 Å². The first-order valence-electron chi connectivity index (χ1n) is 5.45. The number of ether oxygens (including phenoxy) is 1. The van der Waals surface area contributed by atoms with E-state index in [-0.39, 0.29) is 23.0 Å². The molecule has 0 radical (unpaired) electrons. The van der Waals surface area contributed by atoms with Crippen LogP contribution < -0.4 is 10.5 Å². The number of hydrogen-bond donors (Lipinski definition) is 1. The Morgan fingerprint density at radius 1 is 1.47 bits per heavy atom. The third kappa shape index (κ3) is 3.59. The monoisotopic (exact) mass is 306 g/mol. The van der Waals surface area contributed by atoms with Crippen LogP contribution in [0.1, 0.15) is 6.92 Å². The molecule has 0 atom stereocenters. The summed E-state index contributed by atoms with van der Waals surface area (Å²) in [4.78, 5) is 10.9. The number of primary amides is 1. The summed E-state index contributed by atoms with van der Waals surface area (Å²) in [5.74, 6) is -0.344. The zero-order chi connectivity index (χ0) is 14.6. The lowest BCUT2D eigenvalue weighted by molar-refractivity contribution is -0.118. The Morgan fingerprint density at radius 3 is 2.53 bits per heavy atom. The summed E-state index contributed by atoms with van der Waals surface area (Å²) in [5, 5.41) is 0.179. The topological polar surface area (TPSA) is 89.7 Å². The lowest BCUT2D eigenvalue weighted by Crippen LogP contribution is -2.38. The minimum absolute atomic E-state index is 0.0126. The first-order valence-corrected chi connectivity index (χ1v) is 7.26. The summed E-state index contributed by atoms with van der Waals surface area (Å²) in [7, 11) is -2.37. The zero-order valence-corrected chi connectivity index (χ0v) is 12.2. The van der Waals surface area contributed by atoms with Crippen molar-refractivity contribution in [3.63, 3.8) is 0 Å². The number of methoxy groups -OCH3 is 1. The molecule has 0 fully saturated rings. The van der Waals surface area contributed by atoms with Crippen molar-refractivity contribution < 1.29 is 17.9 Å². The largest absolute Gasteiger partial charge is 0.495 e. The van der Waals surface area contributed by atoms with Crippen LogP contribution in [0.3, 0.4) is 0 Å². The maximum atomic E-state index is 12.3. The number of amides is 1. The molecule has 19 heavy (non-hydrogen) atoms. The Bertz CT molecular complexity index is 574. The predicted molar refractivity (Wildman–Crippen MR) is 71.6 cm³/mol. The van der Waals surface area contributed by atoms with E-state index < -0.39 is 15.9 Å². The van der Waals surface area contributed by atoms with Crippen LogP contribution in [0.5, 0.6) is 5.75 Å². The van der Waals surface area contributed by atoms with Crippen LogP contribution in [0, 0.1) is 0 Å². The number of sulfonamides is 1. The summed E-state index contributed by atoms with van der Waals surface area (Å²) in [6.07, 6.45) is 0. The molecular weight excluding hydrogens is 292 g/mol. The maximum absolute atomic E-state index is 12.3. The molecule has 0 saturated heterocycles. The zero-order valence-electron chi connectivity index (χ0n) is 10.6. The molecule has 0 unspecified atom stereocenters. The van der Waals surface area contributed by atoms with E-state index in [1.165, 1.54) is 25.3 Å². The molecule has 8 heteroatoms. The van der Waals surface area contributed by atoms with Gasteiger partial charge in [-0.3, -0.25) is 4.79 Å². The third-order valence-corrected chi connectivity index (χ3v) is 4.66. The second-order valence-corrected chi connectivity index (χ2v) is 6.04. The number of nitrogens with zero attached hydrogens (tertiary/aromatic N) is 1. The third-order valence-electron chi connectivity index (χ3n) is 2.45. The Labute approximate surface area is 117 Å². The summed E-state index contributed by atoms with van der Waals surface area (Å²) in [6.45, 7) is 1.38. The Balaban J connectivity index is 3.18. The van der Waals surface area contributed by atoms with Crippen molar-refractivity contribution in [3.05, 3.63) is 23.2 Å². The van der Waals surface area contributed by atoms with E-state index in [1.54, 1.807) is 6.92 Å². The SMILES string of the molecule is CCN(CC(N)=O)S(=O)(=O)c1ccc(OC)c(Cl)c1. The van der Waals surface area contributed by atoms with Gasteiger partial charge in [-0.15, -0.1) is 0 Å². The van der Waals surface area contributed by atoms with Crippen LogP contribution in [-0.2, 0) is 14.8 Å². The van der Waals surface area contributed by atoms with Gasteiger partial charge in [0.25, 0.3) is 0 Å². The Morgan fingerprint density at radius 2 is 2.11 bits per heavy atom. The Hall–Kier alpha value is -1.31. The predicted octanol–water partition coefficient (Wildman–Crippen LogP) is 0.844. The van der Waals surface area contributed by atoms with Gasteiger partial charge in [0.1, 0.15) is 5.75 Å². The average molecular weight is 307 g/mol. The van der Waals surface area contributed by atoms with Gasteiger partial charge in [0.15, 0.2) is 0 Å². The van der Waals surface area contributed by atoms with E-state index in [0.717, 1.165) is 4.31 Å². The van der Waals surface area contributed by atoms with Gasteiger partial charge in [-0.05, 0) is 18.2 Å². The molecule has 1 rings (SSSR count). The van der Waals surface area contributed by atoms with Gasteiger partial charge in [0.2, 0.25) is 15.9 Å².